The normalized spacial score (nSPS) is 17.1. The Morgan fingerprint density at radius 1 is 1.33 bits per heavy atom. The van der Waals surface area contributed by atoms with Gasteiger partial charge in [-0.15, -0.1) is 0 Å². The quantitative estimate of drug-likeness (QED) is 0.729. The molecule has 15 heavy (non-hydrogen) atoms. The van der Waals surface area contributed by atoms with Crippen LogP contribution in [0.5, 0.6) is 0 Å². The lowest BCUT2D eigenvalue weighted by molar-refractivity contribution is -0.134. The summed E-state index contributed by atoms with van der Waals surface area (Å²) in [6.45, 7) is 7.58. The molecule has 1 aliphatic heterocycles. The van der Waals surface area contributed by atoms with Gasteiger partial charge in [0.15, 0.2) is 0 Å². The van der Waals surface area contributed by atoms with E-state index in [-0.39, 0.29) is 5.91 Å². The fourth-order valence-corrected chi connectivity index (χ4v) is 1.73. The van der Waals surface area contributed by atoms with E-state index in [9.17, 15) is 4.79 Å². The van der Waals surface area contributed by atoms with Crippen molar-refractivity contribution in [3.63, 3.8) is 0 Å². The Balaban J connectivity index is 2.22. The molecule has 0 atom stereocenters. The van der Waals surface area contributed by atoms with Crippen LogP contribution >= 0.6 is 0 Å². The number of morpholine rings is 1. The Morgan fingerprint density at radius 3 is 2.47 bits per heavy atom. The van der Waals surface area contributed by atoms with Gasteiger partial charge in [-0.25, -0.2) is 0 Å². The van der Waals surface area contributed by atoms with E-state index in [1.54, 1.807) is 0 Å². The van der Waals surface area contributed by atoms with Gasteiger partial charge in [-0.05, 0) is 12.8 Å². The molecule has 0 bridgehead atoms. The highest BCUT2D eigenvalue weighted by Crippen LogP contribution is 1.99. The number of nitrogens with zero attached hydrogens (tertiary/aromatic N) is 1. The molecule has 1 heterocycles. The van der Waals surface area contributed by atoms with Crippen molar-refractivity contribution in [2.75, 3.05) is 32.8 Å². The van der Waals surface area contributed by atoms with E-state index in [1.807, 2.05) is 4.90 Å². The molecule has 1 aliphatic rings. The highest BCUT2D eigenvalue weighted by atomic mass is 16.5. The van der Waals surface area contributed by atoms with Gasteiger partial charge in [0.2, 0.25) is 5.91 Å². The minimum atomic E-state index is 0.199. The van der Waals surface area contributed by atoms with E-state index < -0.39 is 0 Å². The zero-order valence-electron chi connectivity index (χ0n) is 9.79. The van der Waals surface area contributed by atoms with Crippen LogP contribution in [0.25, 0.3) is 0 Å². The van der Waals surface area contributed by atoms with Crippen molar-refractivity contribution in [1.29, 1.82) is 0 Å². The predicted molar refractivity (Wildman–Crippen MR) is 59.8 cm³/mol. The smallest absolute Gasteiger partial charge is 0.236 e. The lowest BCUT2D eigenvalue weighted by Crippen LogP contribution is -2.46. The molecule has 1 saturated heterocycles. The first-order valence-corrected chi connectivity index (χ1v) is 5.86. The summed E-state index contributed by atoms with van der Waals surface area (Å²) in [5, 5.41) is 3.28. The number of ether oxygens (including phenoxy) is 1. The molecule has 0 spiro atoms. The van der Waals surface area contributed by atoms with E-state index in [0.29, 0.717) is 25.8 Å². The van der Waals surface area contributed by atoms with E-state index in [1.165, 1.54) is 0 Å². The summed E-state index contributed by atoms with van der Waals surface area (Å²) in [4.78, 5) is 13.6. The van der Waals surface area contributed by atoms with Gasteiger partial charge < -0.3 is 15.0 Å². The van der Waals surface area contributed by atoms with Crippen LogP contribution in [0.3, 0.4) is 0 Å². The Bertz CT molecular complexity index is 187. The number of nitrogens with one attached hydrogen (secondary N) is 1. The summed E-state index contributed by atoms with van der Waals surface area (Å²) in [6, 6.07) is 0.468. The molecule has 88 valence electrons. The van der Waals surface area contributed by atoms with Crippen LogP contribution in [0, 0.1) is 0 Å². The fraction of sp³-hybridized carbons (Fsp3) is 0.909. The largest absolute Gasteiger partial charge is 0.378 e. The summed E-state index contributed by atoms with van der Waals surface area (Å²) in [6.07, 6.45) is 2.15. The zero-order valence-corrected chi connectivity index (χ0v) is 9.79. The van der Waals surface area contributed by atoms with Crippen LogP contribution in [0.1, 0.15) is 26.7 Å². The van der Waals surface area contributed by atoms with Crippen molar-refractivity contribution in [3.05, 3.63) is 0 Å². The maximum Gasteiger partial charge on any atom is 0.236 e. The van der Waals surface area contributed by atoms with Crippen LogP contribution in [0.2, 0.25) is 0 Å². The molecular formula is C11H22N2O2. The molecule has 0 aromatic carbocycles. The second-order valence-electron chi connectivity index (χ2n) is 3.89. The molecule has 0 aromatic rings. The number of hydrogen-bond acceptors (Lipinski definition) is 3. The topological polar surface area (TPSA) is 41.6 Å². The van der Waals surface area contributed by atoms with E-state index in [4.69, 9.17) is 4.74 Å². The second-order valence-corrected chi connectivity index (χ2v) is 3.89. The lowest BCUT2D eigenvalue weighted by Gasteiger charge is -2.27. The molecule has 0 saturated carbocycles. The average molecular weight is 214 g/mol. The number of carbonyl (C=O) groups excluding carboxylic acids is 1. The summed E-state index contributed by atoms with van der Waals surface area (Å²) < 4.78 is 5.20. The number of hydrogen-bond donors (Lipinski definition) is 1. The van der Waals surface area contributed by atoms with Crippen LogP contribution in [0.15, 0.2) is 0 Å². The maximum atomic E-state index is 11.7. The maximum absolute atomic E-state index is 11.7. The van der Waals surface area contributed by atoms with Gasteiger partial charge in [-0.2, -0.15) is 0 Å². The molecule has 0 aromatic heterocycles. The van der Waals surface area contributed by atoms with Crippen LogP contribution in [0.4, 0.5) is 0 Å². The van der Waals surface area contributed by atoms with Crippen LogP contribution in [-0.2, 0) is 9.53 Å². The Hall–Kier alpha value is -0.610. The van der Waals surface area contributed by atoms with Crippen LogP contribution in [-0.4, -0.2) is 49.7 Å². The summed E-state index contributed by atoms with van der Waals surface area (Å²) in [5.41, 5.74) is 0. The third-order valence-corrected chi connectivity index (χ3v) is 2.89. The fourth-order valence-electron chi connectivity index (χ4n) is 1.73. The average Bonchev–Trinajstić information content (AvgIpc) is 2.31. The van der Waals surface area contributed by atoms with Crippen LogP contribution < -0.4 is 5.32 Å². The van der Waals surface area contributed by atoms with Gasteiger partial charge in [0, 0.05) is 19.1 Å². The monoisotopic (exact) mass is 214 g/mol. The molecule has 1 N–H and O–H groups in total. The van der Waals surface area contributed by atoms with E-state index >= 15 is 0 Å². The Morgan fingerprint density at radius 2 is 1.93 bits per heavy atom. The minimum absolute atomic E-state index is 0.199. The van der Waals surface area contributed by atoms with E-state index in [0.717, 1.165) is 25.9 Å². The highest BCUT2D eigenvalue weighted by molar-refractivity contribution is 5.78. The van der Waals surface area contributed by atoms with E-state index in [2.05, 4.69) is 19.2 Å². The molecule has 4 heteroatoms. The molecule has 1 amide bonds. The SMILES string of the molecule is CCC(CC)NCC(=O)N1CCOCC1. The molecule has 4 nitrogen and oxygen atoms in total. The summed E-state index contributed by atoms with van der Waals surface area (Å²) in [5.74, 6) is 0.199. The lowest BCUT2D eigenvalue weighted by atomic mass is 10.2. The number of amides is 1. The van der Waals surface area contributed by atoms with Crippen molar-refractivity contribution in [2.45, 2.75) is 32.7 Å². The molecule has 1 fully saturated rings. The number of rotatable bonds is 5. The summed E-state index contributed by atoms with van der Waals surface area (Å²) in [7, 11) is 0. The second kappa shape index (κ2) is 6.80. The minimum Gasteiger partial charge on any atom is -0.378 e. The number of carbonyl (C=O) groups is 1. The van der Waals surface area contributed by atoms with Crippen molar-refractivity contribution in [3.8, 4) is 0 Å². The molecule has 1 rings (SSSR count). The Kier molecular flexibility index (Phi) is 5.65. The third-order valence-electron chi connectivity index (χ3n) is 2.89. The van der Waals surface area contributed by atoms with Crippen molar-refractivity contribution < 1.29 is 9.53 Å². The van der Waals surface area contributed by atoms with Crippen molar-refractivity contribution in [2.24, 2.45) is 0 Å². The Labute approximate surface area is 92.0 Å². The van der Waals surface area contributed by atoms with Gasteiger partial charge in [0.1, 0.15) is 0 Å². The van der Waals surface area contributed by atoms with Crippen molar-refractivity contribution >= 4 is 5.91 Å². The van der Waals surface area contributed by atoms with Gasteiger partial charge in [0.25, 0.3) is 0 Å². The molecule has 0 unspecified atom stereocenters. The molecule has 0 aliphatic carbocycles. The summed E-state index contributed by atoms with van der Waals surface area (Å²) >= 11 is 0. The first kappa shape index (κ1) is 12.5. The molecule has 0 radical (unpaired) electrons. The zero-order chi connectivity index (χ0) is 11.1. The first-order chi connectivity index (χ1) is 7.27. The molecular weight excluding hydrogens is 192 g/mol. The first-order valence-electron chi connectivity index (χ1n) is 5.86. The van der Waals surface area contributed by atoms with Gasteiger partial charge in [-0.1, -0.05) is 13.8 Å². The van der Waals surface area contributed by atoms with Crippen molar-refractivity contribution in [1.82, 2.24) is 10.2 Å². The highest BCUT2D eigenvalue weighted by Gasteiger charge is 2.16. The van der Waals surface area contributed by atoms with Gasteiger partial charge in [-0.3, -0.25) is 4.79 Å². The van der Waals surface area contributed by atoms with Gasteiger partial charge in [0.05, 0.1) is 19.8 Å². The standard InChI is InChI=1S/C11H22N2O2/c1-3-10(4-2)12-9-11(14)13-5-7-15-8-6-13/h10,12H,3-9H2,1-2H3. The third kappa shape index (κ3) is 4.18. The van der Waals surface area contributed by atoms with Gasteiger partial charge >= 0.3 is 0 Å². The predicted octanol–water partition coefficient (Wildman–Crippen LogP) is 0.623.